The van der Waals surface area contributed by atoms with Crippen molar-refractivity contribution in [2.45, 2.75) is 24.9 Å². The second kappa shape index (κ2) is 3.14. The molecule has 3 rings (SSSR count). The average Bonchev–Trinajstić information content (AvgIpc) is 2.67. The van der Waals surface area contributed by atoms with Crippen LogP contribution in [-0.4, -0.2) is 23.8 Å². The van der Waals surface area contributed by atoms with Crippen molar-refractivity contribution >= 4 is 0 Å². The number of benzene rings is 1. The van der Waals surface area contributed by atoms with Gasteiger partial charge in [-0.05, 0) is 43.1 Å². The SMILES string of the molecule is Oc1ccc2c(c1)CC[C@]1(CCNC1)O2. The van der Waals surface area contributed by atoms with Crippen molar-refractivity contribution in [1.29, 1.82) is 0 Å². The van der Waals surface area contributed by atoms with E-state index in [2.05, 4.69) is 5.32 Å². The molecule has 80 valence electrons. The summed E-state index contributed by atoms with van der Waals surface area (Å²) in [5.74, 6) is 1.28. The van der Waals surface area contributed by atoms with E-state index in [4.69, 9.17) is 4.74 Å². The molecule has 1 aromatic carbocycles. The number of hydrogen-bond donors (Lipinski definition) is 2. The second-order valence-electron chi connectivity index (χ2n) is 4.50. The summed E-state index contributed by atoms with van der Waals surface area (Å²) in [5.41, 5.74) is 1.15. The fourth-order valence-electron chi connectivity index (χ4n) is 2.53. The molecule has 1 aromatic rings. The number of hydrogen-bond acceptors (Lipinski definition) is 3. The Morgan fingerprint density at radius 2 is 2.27 bits per heavy atom. The van der Waals surface area contributed by atoms with E-state index in [1.165, 1.54) is 0 Å². The van der Waals surface area contributed by atoms with Gasteiger partial charge in [-0.3, -0.25) is 0 Å². The Hall–Kier alpha value is -1.22. The van der Waals surface area contributed by atoms with Crippen LogP contribution in [0.25, 0.3) is 0 Å². The lowest BCUT2D eigenvalue weighted by Crippen LogP contribution is -2.41. The van der Waals surface area contributed by atoms with Crippen molar-refractivity contribution in [3.63, 3.8) is 0 Å². The first kappa shape index (κ1) is 9.04. The highest BCUT2D eigenvalue weighted by Gasteiger charge is 2.38. The van der Waals surface area contributed by atoms with E-state index in [1.807, 2.05) is 12.1 Å². The summed E-state index contributed by atoms with van der Waals surface area (Å²) in [6, 6.07) is 5.38. The Balaban J connectivity index is 1.93. The summed E-state index contributed by atoms with van der Waals surface area (Å²) in [6.07, 6.45) is 3.15. The largest absolute Gasteiger partial charge is 0.508 e. The molecule has 2 N–H and O–H groups in total. The van der Waals surface area contributed by atoms with Crippen LogP contribution >= 0.6 is 0 Å². The summed E-state index contributed by atoms with van der Waals surface area (Å²) >= 11 is 0. The molecule has 0 aliphatic carbocycles. The molecule has 0 amide bonds. The maximum absolute atomic E-state index is 9.38. The summed E-state index contributed by atoms with van der Waals surface area (Å²) < 4.78 is 6.06. The third-order valence-electron chi connectivity index (χ3n) is 3.43. The third kappa shape index (κ3) is 1.47. The third-order valence-corrected chi connectivity index (χ3v) is 3.43. The number of fused-ring (bicyclic) bond motifs is 1. The molecule has 0 unspecified atom stereocenters. The molecule has 3 nitrogen and oxygen atoms in total. The van der Waals surface area contributed by atoms with Gasteiger partial charge < -0.3 is 15.2 Å². The van der Waals surface area contributed by atoms with Crippen LogP contribution in [0.4, 0.5) is 0 Å². The smallest absolute Gasteiger partial charge is 0.123 e. The monoisotopic (exact) mass is 205 g/mol. The van der Waals surface area contributed by atoms with Crippen LogP contribution in [0.5, 0.6) is 11.5 Å². The summed E-state index contributed by atoms with van der Waals surface area (Å²) in [5, 5.41) is 12.7. The zero-order valence-corrected chi connectivity index (χ0v) is 8.62. The summed E-state index contributed by atoms with van der Waals surface area (Å²) in [6.45, 7) is 2.00. The van der Waals surface area contributed by atoms with Gasteiger partial charge in [-0.2, -0.15) is 0 Å². The number of aryl methyl sites for hydroxylation is 1. The number of nitrogens with one attached hydrogen (secondary N) is 1. The van der Waals surface area contributed by atoms with Gasteiger partial charge in [0.05, 0.1) is 0 Å². The molecule has 0 bridgehead atoms. The van der Waals surface area contributed by atoms with Crippen molar-refractivity contribution in [3.05, 3.63) is 23.8 Å². The number of aromatic hydroxyl groups is 1. The van der Waals surface area contributed by atoms with E-state index in [0.29, 0.717) is 5.75 Å². The summed E-state index contributed by atoms with van der Waals surface area (Å²) in [4.78, 5) is 0. The standard InChI is InChI=1S/C12H15NO2/c14-10-1-2-11-9(7-10)3-4-12(15-11)5-6-13-8-12/h1-2,7,13-14H,3-6,8H2/t12-/m1/s1. The van der Waals surface area contributed by atoms with Crippen LogP contribution in [0.3, 0.4) is 0 Å². The lowest BCUT2D eigenvalue weighted by molar-refractivity contribution is 0.0663. The Morgan fingerprint density at radius 3 is 3.07 bits per heavy atom. The molecule has 1 fully saturated rings. The van der Waals surface area contributed by atoms with E-state index in [9.17, 15) is 5.11 Å². The quantitative estimate of drug-likeness (QED) is 0.673. The second-order valence-corrected chi connectivity index (χ2v) is 4.50. The maximum atomic E-state index is 9.38. The van der Waals surface area contributed by atoms with Gasteiger partial charge in [0.25, 0.3) is 0 Å². The molecule has 0 radical (unpaired) electrons. The first-order valence-corrected chi connectivity index (χ1v) is 5.49. The fraction of sp³-hybridized carbons (Fsp3) is 0.500. The number of rotatable bonds is 0. The van der Waals surface area contributed by atoms with Gasteiger partial charge in [-0.1, -0.05) is 0 Å². The first-order valence-electron chi connectivity index (χ1n) is 5.49. The first-order chi connectivity index (χ1) is 7.27. The molecule has 2 heterocycles. The van der Waals surface area contributed by atoms with Crippen molar-refractivity contribution in [1.82, 2.24) is 5.32 Å². The van der Waals surface area contributed by atoms with Crippen LogP contribution in [0, 0.1) is 0 Å². The minimum Gasteiger partial charge on any atom is -0.508 e. The van der Waals surface area contributed by atoms with Gasteiger partial charge in [0.1, 0.15) is 17.1 Å². The Labute approximate surface area is 89.1 Å². The van der Waals surface area contributed by atoms with Crippen LogP contribution in [0.2, 0.25) is 0 Å². The van der Waals surface area contributed by atoms with Gasteiger partial charge in [-0.25, -0.2) is 0 Å². The van der Waals surface area contributed by atoms with Crippen molar-refractivity contribution < 1.29 is 9.84 Å². The van der Waals surface area contributed by atoms with E-state index in [1.54, 1.807) is 6.07 Å². The number of phenols is 1. The highest BCUT2D eigenvalue weighted by Crippen LogP contribution is 2.37. The lowest BCUT2D eigenvalue weighted by atomic mass is 9.90. The van der Waals surface area contributed by atoms with Crippen LogP contribution < -0.4 is 10.1 Å². The molecule has 1 saturated heterocycles. The van der Waals surface area contributed by atoms with E-state index >= 15 is 0 Å². The van der Waals surface area contributed by atoms with Crippen molar-refractivity contribution in [2.75, 3.05) is 13.1 Å². The Morgan fingerprint density at radius 1 is 1.33 bits per heavy atom. The Kier molecular flexibility index (Phi) is 1.89. The minimum atomic E-state index is 0.0178. The highest BCUT2D eigenvalue weighted by molar-refractivity contribution is 5.41. The number of phenolic OH excluding ortho intramolecular Hbond substituents is 1. The number of ether oxygens (including phenoxy) is 1. The molecular weight excluding hydrogens is 190 g/mol. The van der Waals surface area contributed by atoms with E-state index in [-0.39, 0.29) is 5.60 Å². The zero-order valence-electron chi connectivity index (χ0n) is 8.62. The maximum Gasteiger partial charge on any atom is 0.123 e. The molecular formula is C12H15NO2. The van der Waals surface area contributed by atoms with E-state index in [0.717, 1.165) is 43.7 Å². The molecule has 0 aromatic heterocycles. The van der Waals surface area contributed by atoms with Gasteiger partial charge in [0.15, 0.2) is 0 Å². The highest BCUT2D eigenvalue weighted by atomic mass is 16.5. The van der Waals surface area contributed by atoms with Crippen LogP contribution in [0.1, 0.15) is 18.4 Å². The van der Waals surface area contributed by atoms with Crippen molar-refractivity contribution in [2.24, 2.45) is 0 Å². The predicted molar refractivity (Wildman–Crippen MR) is 57.3 cm³/mol. The van der Waals surface area contributed by atoms with Crippen LogP contribution in [0.15, 0.2) is 18.2 Å². The molecule has 3 heteroatoms. The molecule has 1 atom stereocenters. The predicted octanol–water partition coefficient (Wildman–Crippen LogP) is 1.45. The molecule has 2 aliphatic heterocycles. The van der Waals surface area contributed by atoms with Gasteiger partial charge in [0, 0.05) is 13.0 Å². The average molecular weight is 205 g/mol. The molecule has 2 aliphatic rings. The molecule has 15 heavy (non-hydrogen) atoms. The summed E-state index contributed by atoms with van der Waals surface area (Å²) in [7, 11) is 0. The van der Waals surface area contributed by atoms with Gasteiger partial charge in [-0.15, -0.1) is 0 Å². The Bertz CT molecular complexity index is 383. The molecule has 0 saturated carbocycles. The van der Waals surface area contributed by atoms with Gasteiger partial charge in [0.2, 0.25) is 0 Å². The van der Waals surface area contributed by atoms with Crippen molar-refractivity contribution in [3.8, 4) is 11.5 Å². The van der Waals surface area contributed by atoms with E-state index < -0.39 is 0 Å². The lowest BCUT2D eigenvalue weighted by Gasteiger charge is -2.35. The fourth-order valence-corrected chi connectivity index (χ4v) is 2.53. The van der Waals surface area contributed by atoms with Gasteiger partial charge >= 0.3 is 0 Å². The molecule has 1 spiro atoms. The van der Waals surface area contributed by atoms with Crippen LogP contribution in [-0.2, 0) is 6.42 Å². The normalized spacial score (nSPS) is 28.8. The minimum absolute atomic E-state index is 0.0178. The topological polar surface area (TPSA) is 41.5 Å². The zero-order chi connectivity index (χ0) is 10.3.